The highest BCUT2D eigenvalue weighted by Crippen LogP contribution is 2.40. The molecule has 1 aliphatic carbocycles. The highest BCUT2D eigenvalue weighted by molar-refractivity contribution is 5.77. The molecule has 0 aromatic heterocycles. The molecule has 1 aromatic carbocycles. The van der Waals surface area contributed by atoms with Gasteiger partial charge in [-0.15, -0.1) is 0 Å². The second-order valence-corrected chi connectivity index (χ2v) is 6.92. The molecule has 3 rings (SSSR count). The van der Waals surface area contributed by atoms with Gasteiger partial charge in [0.1, 0.15) is 5.82 Å². The van der Waals surface area contributed by atoms with E-state index in [2.05, 4.69) is 5.32 Å². The number of aliphatic carboxylic acids is 1. The lowest BCUT2D eigenvalue weighted by molar-refractivity contribution is -0.141. The van der Waals surface area contributed by atoms with E-state index in [-0.39, 0.29) is 23.8 Å². The van der Waals surface area contributed by atoms with Crippen molar-refractivity contribution < 1.29 is 19.1 Å². The molecule has 2 amide bonds. The van der Waals surface area contributed by atoms with Gasteiger partial charge in [0.2, 0.25) is 0 Å². The Morgan fingerprint density at radius 3 is 2.50 bits per heavy atom. The molecule has 1 saturated carbocycles. The summed E-state index contributed by atoms with van der Waals surface area (Å²) in [6.07, 6.45) is 4.63. The molecular weight excluding hydrogens is 311 g/mol. The van der Waals surface area contributed by atoms with Crippen molar-refractivity contribution in [2.24, 2.45) is 5.92 Å². The number of benzene rings is 1. The summed E-state index contributed by atoms with van der Waals surface area (Å²) >= 11 is 0. The van der Waals surface area contributed by atoms with Crippen molar-refractivity contribution in [3.05, 3.63) is 35.6 Å². The summed E-state index contributed by atoms with van der Waals surface area (Å²) in [5, 5.41) is 12.0. The Labute approximate surface area is 140 Å². The van der Waals surface area contributed by atoms with Crippen molar-refractivity contribution in [1.29, 1.82) is 0 Å². The SMILES string of the molecule is O=C(O)C1CCN(C(=O)NCC2(c3ccc(F)cc3)CCCC2)C1. The van der Waals surface area contributed by atoms with Crippen LogP contribution in [0.3, 0.4) is 0 Å². The van der Waals surface area contributed by atoms with Crippen molar-refractivity contribution >= 4 is 12.0 Å². The lowest BCUT2D eigenvalue weighted by Crippen LogP contribution is -2.45. The molecule has 2 fully saturated rings. The van der Waals surface area contributed by atoms with Gasteiger partial charge in [0.25, 0.3) is 0 Å². The molecule has 0 spiro atoms. The zero-order valence-corrected chi connectivity index (χ0v) is 13.6. The predicted molar refractivity (Wildman–Crippen MR) is 87.3 cm³/mol. The Morgan fingerprint density at radius 2 is 1.92 bits per heavy atom. The lowest BCUT2D eigenvalue weighted by atomic mass is 9.79. The van der Waals surface area contributed by atoms with Crippen LogP contribution in [-0.4, -0.2) is 41.6 Å². The molecule has 1 aliphatic heterocycles. The summed E-state index contributed by atoms with van der Waals surface area (Å²) in [4.78, 5) is 24.9. The number of carboxylic acid groups (broad SMARTS) is 1. The number of carbonyl (C=O) groups is 2. The van der Waals surface area contributed by atoms with Crippen molar-refractivity contribution in [3.63, 3.8) is 0 Å². The lowest BCUT2D eigenvalue weighted by Gasteiger charge is -2.31. The summed E-state index contributed by atoms with van der Waals surface area (Å²) in [5.41, 5.74) is 0.918. The van der Waals surface area contributed by atoms with Crippen LogP contribution in [0.2, 0.25) is 0 Å². The highest BCUT2D eigenvalue weighted by atomic mass is 19.1. The van der Waals surface area contributed by atoms with E-state index in [1.807, 2.05) is 12.1 Å². The summed E-state index contributed by atoms with van der Waals surface area (Å²) in [5.74, 6) is -1.56. The fraction of sp³-hybridized carbons (Fsp3) is 0.556. The highest BCUT2D eigenvalue weighted by Gasteiger charge is 2.37. The first-order valence-corrected chi connectivity index (χ1v) is 8.52. The summed E-state index contributed by atoms with van der Waals surface area (Å²) in [6, 6.07) is 6.35. The standard InChI is InChI=1S/C18H23FN2O3/c19-15-5-3-14(4-6-15)18(8-1-2-9-18)12-20-17(24)21-10-7-13(11-21)16(22)23/h3-6,13H,1-2,7-12H2,(H,20,24)(H,22,23). The van der Waals surface area contributed by atoms with Crippen LogP contribution < -0.4 is 5.32 Å². The minimum absolute atomic E-state index is 0.144. The minimum Gasteiger partial charge on any atom is -0.481 e. The molecule has 0 bridgehead atoms. The fourth-order valence-corrected chi connectivity index (χ4v) is 3.93. The van der Waals surface area contributed by atoms with Gasteiger partial charge in [-0.25, -0.2) is 9.18 Å². The van der Waals surface area contributed by atoms with Crippen LogP contribution >= 0.6 is 0 Å². The first-order chi connectivity index (χ1) is 11.5. The van der Waals surface area contributed by atoms with Crippen molar-refractivity contribution in [2.75, 3.05) is 19.6 Å². The predicted octanol–water partition coefficient (Wildman–Crippen LogP) is 2.75. The first-order valence-electron chi connectivity index (χ1n) is 8.52. The molecule has 5 nitrogen and oxygen atoms in total. The first kappa shape index (κ1) is 16.7. The minimum atomic E-state index is -0.844. The van der Waals surface area contributed by atoms with Gasteiger partial charge < -0.3 is 15.3 Å². The molecule has 24 heavy (non-hydrogen) atoms. The topological polar surface area (TPSA) is 69.6 Å². The quantitative estimate of drug-likeness (QED) is 0.889. The van der Waals surface area contributed by atoms with Gasteiger partial charge in [0, 0.05) is 25.0 Å². The van der Waals surface area contributed by atoms with E-state index >= 15 is 0 Å². The van der Waals surface area contributed by atoms with E-state index < -0.39 is 11.9 Å². The third-order valence-electron chi connectivity index (χ3n) is 5.42. The third kappa shape index (κ3) is 3.37. The van der Waals surface area contributed by atoms with E-state index in [9.17, 15) is 14.0 Å². The van der Waals surface area contributed by atoms with Gasteiger partial charge in [-0.05, 0) is 37.0 Å². The summed E-state index contributed by atoms with van der Waals surface area (Å²) in [7, 11) is 0. The number of halogens is 1. The van der Waals surface area contributed by atoms with Gasteiger partial charge in [0.05, 0.1) is 5.92 Å². The molecular formula is C18H23FN2O3. The van der Waals surface area contributed by atoms with Gasteiger partial charge in [-0.3, -0.25) is 4.79 Å². The molecule has 2 N–H and O–H groups in total. The van der Waals surface area contributed by atoms with Crippen molar-refractivity contribution in [3.8, 4) is 0 Å². The van der Waals surface area contributed by atoms with Crippen LogP contribution in [0.5, 0.6) is 0 Å². The number of amides is 2. The third-order valence-corrected chi connectivity index (χ3v) is 5.42. The molecule has 6 heteroatoms. The molecule has 0 radical (unpaired) electrons. The van der Waals surface area contributed by atoms with Crippen LogP contribution in [-0.2, 0) is 10.2 Å². The largest absolute Gasteiger partial charge is 0.481 e. The number of carbonyl (C=O) groups excluding carboxylic acids is 1. The molecule has 1 atom stereocenters. The number of likely N-dealkylation sites (tertiary alicyclic amines) is 1. The van der Waals surface area contributed by atoms with Crippen molar-refractivity contribution in [2.45, 2.75) is 37.5 Å². The van der Waals surface area contributed by atoms with Crippen LogP contribution in [0.25, 0.3) is 0 Å². The van der Waals surface area contributed by atoms with Gasteiger partial charge in [0.15, 0.2) is 0 Å². The zero-order chi connectivity index (χ0) is 17.2. The Kier molecular flexibility index (Phi) is 4.73. The number of hydrogen-bond acceptors (Lipinski definition) is 2. The van der Waals surface area contributed by atoms with E-state index in [1.54, 1.807) is 4.90 Å². The molecule has 1 unspecified atom stereocenters. The van der Waals surface area contributed by atoms with E-state index in [0.717, 1.165) is 31.2 Å². The maximum atomic E-state index is 13.2. The number of nitrogens with zero attached hydrogens (tertiary/aromatic N) is 1. The van der Waals surface area contributed by atoms with Gasteiger partial charge in [-0.2, -0.15) is 0 Å². The zero-order valence-electron chi connectivity index (χ0n) is 13.6. The Hall–Kier alpha value is -2.11. The second-order valence-electron chi connectivity index (χ2n) is 6.92. The van der Waals surface area contributed by atoms with Crippen LogP contribution in [0.1, 0.15) is 37.7 Å². The Morgan fingerprint density at radius 1 is 1.25 bits per heavy atom. The molecule has 1 aromatic rings. The maximum Gasteiger partial charge on any atom is 0.317 e. The van der Waals surface area contributed by atoms with Gasteiger partial charge in [-0.1, -0.05) is 25.0 Å². The molecule has 130 valence electrons. The molecule has 1 saturated heterocycles. The molecule has 1 heterocycles. The Bertz CT molecular complexity index is 611. The maximum absolute atomic E-state index is 13.2. The monoisotopic (exact) mass is 334 g/mol. The summed E-state index contributed by atoms with van der Waals surface area (Å²) < 4.78 is 13.2. The van der Waals surface area contributed by atoms with E-state index in [4.69, 9.17) is 5.11 Å². The van der Waals surface area contributed by atoms with E-state index in [0.29, 0.717) is 19.5 Å². The number of hydrogen-bond donors (Lipinski definition) is 2. The number of carboxylic acids is 1. The smallest absolute Gasteiger partial charge is 0.317 e. The molecule has 2 aliphatic rings. The second kappa shape index (κ2) is 6.79. The van der Waals surface area contributed by atoms with E-state index in [1.165, 1.54) is 12.1 Å². The van der Waals surface area contributed by atoms with Crippen LogP contribution in [0, 0.1) is 11.7 Å². The van der Waals surface area contributed by atoms with Crippen LogP contribution in [0.15, 0.2) is 24.3 Å². The number of urea groups is 1. The normalized spacial score (nSPS) is 22.5. The average molecular weight is 334 g/mol. The summed E-state index contributed by atoms with van der Waals surface area (Å²) in [6.45, 7) is 1.25. The fourth-order valence-electron chi connectivity index (χ4n) is 3.93. The average Bonchev–Trinajstić information content (AvgIpc) is 3.23. The van der Waals surface area contributed by atoms with Gasteiger partial charge >= 0.3 is 12.0 Å². The number of nitrogens with one attached hydrogen (secondary N) is 1. The Balaban J connectivity index is 1.64. The van der Waals surface area contributed by atoms with Crippen LogP contribution in [0.4, 0.5) is 9.18 Å². The van der Waals surface area contributed by atoms with Crippen molar-refractivity contribution in [1.82, 2.24) is 10.2 Å². The number of rotatable bonds is 4.